The van der Waals surface area contributed by atoms with E-state index >= 15 is 0 Å². The van der Waals surface area contributed by atoms with Gasteiger partial charge in [-0.2, -0.15) is 0 Å². The van der Waals surface area contributed by atoms with Gasteiger partial charge in [-0.25, -0.2) is 9.97 Å². The summed E-state index contributed by atoms with van der Waals surface area (Å²) in [6.07, 6.45) is 1.88. The average Bonchev–Trinajstić information content (AvgIpc) is 2.89. The summed E-state index contributed by atoms with van der Waals surface area (Å²) in [5.41, 5.74) is 5.32. The van der Waals surface area contributed by atoms with E-state index in [-0.39, 0.29) is 0 Å². The molecule has 6 nitrogen and oxygen atoms in total. The molecule has 0 radical (unpaired) electrons. The molecule has 0 unspecified atom stereocenters. The number of methoxy groups -OCH3 is 1. The molecule has 180 valence electrons. The summed E-state index contributed by atoms with van der Waals surface area (Å²) in [6, 6.07) is 22.8. The molecule has 0 saturated carbocycles. The monoisotopic (exact) mass is 467 g/mol. The van der Waals surface area contributed by atoms with Gasteiger partial charge in [-0.1, -0.05) is 50.2 Å². The van der Waals surface area contributed by atoms with Crippen molar-refractivity contribution in [1.82, 2.24) is 14.9 Å². The van der Waals surface area contributed by atoms with E-state index in [2.05, 4.69) is 76.4 Å². The van der Waals surface area contributed by atoms with E-state index in [4.69, 9.17) is 9.72 Å². The van der Waals surface area contributed by atoms with Crippen LogP contribution in [0.2, 0.25) is 0 Å². The summed E-state index contributed by atoms with van der Waals surface area (Å²) in [7, 11) is 1.68. The van der Waals surface area contributed by atoms with Crippen LogP contribution in [0.1, 0.15) is 13.8 Å². The maximum absolute atomic E-state index is 5.31. The Morgan fingerprint density at radius 1 is 0.943 bits per heavy atom. The van der Waals surface area contributed by atoms with Crippen molar-refractivity contribution in [3.63, 3.8) is 0 Å². The van der Waals surface area contributed by atoms with Crippen LogP contribution in [-0.4, -0.2) is 54.7 Å². The second kappa shape index (κ2) is 10.3. The van der Waals surface area contributed by atoms with Crippen molar-refractivity contribution in [2.24, 2.45) is 5.92 Å². The number of anilines is 3. The Balaban J connectivity index is 1.35. The molecule has 0 amide bonds. The molecule has 1 N–H and O–H groups in total. The minimum atomic E-state index is 0.595. The first kappa shape index (κ1) is 23.1. The number of nitrogens with zero attached hydrogens (tertiary/aromatic N) is 4. The van der Waals surface area contributed by atoms with Gasteiger partial charge in [0, 0.05) is 61.2 Å². The number of hydrogen-bond acceptors (Lipinski definition) is 6. The number of para-hydroxylation sites is 1. The molecule has 4 aromatic rings. The number of ether oxygens (including phenoxy) is 1. The molecule has 3 aromatic carbocycles. The van der Waals surface area contributed by atoms with E-state index in [1.807, 2.05) is 30.5 Å². The predicted octanol–water partition coefficient (Wildman–Crippen LogP) is 5.83. The zero-order valence-corrected chi connectivity index (χ0v) is 20.7. The van der Waals surface area contributed by atoms with Crippen molar-refractivity contribution in [1.29, 1.82) is 0 Å². The molecule has 1 aliphatic rings. The number of rotatable bonds is 7. The third-order valence-corrected chi connectivity index (χ3v) is 6.47. The highest BCUT2D eigenvalue weighted by molar-refractivity contribution is 5.94. The molecule has 0 bridgehead atoms. The maximum atomic E-state index is 5.31. The molecule has 0 atom stereocenters. The van der Waals surface area contributed by atoms with Crippen molar-refractivity contribution in [2.75, 3.05) is 50.1 Å². The summed E-state index contributed by atoms with van der Waals surface area (Å²) in [5, 5.41) is 4.44. The van der Waals surface area contributed by atoms with Crippen LogP contribution in [0.15, 0.2) is 72.9 Å². The van der Waals surface area contributed by atoms with E-state index < -0.39 is 0 Å². The smallest absolute Gasteiger partial charge is 0.227 e. The van der Waals surface area contributed by atoms with Gasteiger partial charge in [0.25, 0.3) is 0 Å². The molecule has 5 rings (SSSR count). The highest BCUT2D eigenvalue weighted by Gasteiger charge is 2.18. The standard InChI is InChI=1S/C29H33N5O/c1-21(2)20-33-14-16-34(17-15-33)25-8-5-7-24(18-25)31-29-30-19-23-6-4-9-27(28(23)32-29)22-10-12-26(35-3)13-11-22/h4-13,18-19,21H,14-17,20H2,1-3H3,(H,30,31,32). The lowest BCUT2D eigenvalue weighted by molar-refractivity contribution is 0.231. The lowest BCUT2D eigenvalue weighted by Crippen LogP contribution is -2.47. The summed E-state index contributed by atoms with van der Waals surface area (Å²) < 4.78 is 5.31. The third kappa shape index (κ3) is 5.38. The highest BCUT2D eigenvalue weighted by Crippen LogP contribution is 2.30. The van der Waals surface area contributed by atoms with Gasteiger partial charge < -0.3 is 15.0 Å². The quantitative estimate of drug-likeness (QED) is 0.369. The zero-order valence-electron chi connectivity index (χ0n) is 20.7. The van der Waals surface area contributed by atoms with Crippen molar-refractivity contribution < 1.29 is 4.74 Å². The van der Waals surface area contributed by atoms with Crippen molar-refractivity contribution in [3.05, 3.63) is 72.9 Å². The van der Waals surface area contributed by atoms with Gasteiger partial charge in [0.1, 0.15) is 5.75 Å². The van der Waals surface area contributed by atoms with Gasteiger partial charge in [-0.3, -0.25) is 4.90 Å². The summed E-state index contributed by atoms with van der Waals surface area (Å²) in [4.78, 5) is 14.5. The number of fused-ring (bicyclic) bond motifs is 1. The fourth-order valence-electron chi connectivity index (χ4n) is 4.73. The summed E-state index contributed by atoms with van der Waals surface area (Å²) in [5.74, 6) is 2.14. The van der Waals surface area contributed by atoms with Crippen LogP contribution in [0, 0.1) is 5.92 Å². The lowest BCUT2D eigenvalue weighted by Gasteiger charge is -2.37. The number of aromatic nitrogens is 2. The van der Waals surface area contributed by atoms with E-state index in [0.717, 1.165) is 59.6 Å². The second-order valence-corrected chi connectivity index (χ2v) is 9.52. The van der Waals surface area contributed by atoms with Gasteiger partial charge in [-0.15, -0.1) is 0 Å². The first-order chi connectivity index (χ1) is 17.1. The molecule has 0 spiro atoms. The molecule has 35 heavy (non-hydrogen) atoms. The van der Waals surface area contributed by atoms with E-state index in [1.54, 1.807) is 7.11 Å². The third-order valence-electron chi connectivity index (χ3n) is 6.47. The van der Waals surface area contributed by atoms with Gasteiger partial charge in [0.05, 0.1) is 12.6 Å². The molecule has 1 aliphatic heterocycles. The molecule has 1 saturated heterocycles. The Kier molecular flexibility index (Phi) is 6.82. The maximum Gasteiger partial charge on any atom is 0.227 e. The SMILES string of the molecule is COc1ccc(-c2cccc3cnc(Nc4cccc(N5CCN(CC(C)C)CC5)c4)nc23)cc1. The lowest BCUT2D eigenvalue weighted by atomic mass is 10.0. The average molecular weight is 468 g/mol. The molecule has 6 heteroatoms. The van der Waals surface area contributed by atoms with Gasteiger partial charge in [0.15, 0.2) is 0 Å². The zero-order chi connectivity index (χ0) is 24.2. The van der Waals surface area contributed by atoms with Crippen LogP contribution in [0.3, 0.4) is 0 Å². The number of nitrogens with one attached hydrogen (secondary N) is 1. The van der Waals surface area contributed by atoms with Crippen LogP contribution >= 0.6 is 0 Å². The van der Waals surface area contributed by atoms with E-state index in [1.165, 1.54) is 12.2 Å². The van der Waals surface area contributed by atoms with Crippen LogP contribution < -0.4 is 15.0 Å². The molecule has 2 heterocycles. The fourth-order valence-corrected chi connectivity index (χ4v) is 4.73. The Bertz CT molecular complexity index is 1280. The predicted molar refractivity (Wildman–Crippen MR) is 145 cm³/mol. The topological polar surface area (TPSA) is 53.5 Å². The van der Waals surface area contributed by atoms with Crippen LogP contribution in [0.4, 0.5) is 17.3 Å². The first-order valence-electron chi connectivity index (χ1n) is 12.3. The molecular weight excluding hydrogens is 434 g/mol. The minimum Gasteiger partial charge on any atom is -0.497 e. The van der Waals surface area contributed by atoms with Crippen LogP contribution in [0.5, 0.6) is 5.75 Å². The number of benzene rings is 3. The molecule has 0 aliphatic carbocycles. The molecule has 1 aromatic heterocycles. The normalized spacial score (nSPS) is 14.5. The van der Waals surface area contributed by atoms with Crippen LogP contribution in [0.25, 0.3) is 22.0 Å². The Hall–Kier alpha value is -3.64. The van der Waals surface area contributed by atoms with Gasteiger partial charge in [-0.05, 0) is 41.8 Å². The number of piperazine rings is 1. The van der Waals surface area contributed by atoms with Crippen molar-refractivity contribution >= 4 is 28.2 Å². The Morgan fingerprint density at radius 2 is 1.71 bits per heavy atom. The fraction of sp³-hybridized carbons (Fsp3) is 0.310. The molecular formula is C29H33N5O. The molecule has 1 fully saturated rings. The Morgan fingerprint density at radius 3 is 2.46 bits per heavy atom. The van der Waals surface area contributed by atoms with Gasteiger partial charge >= 0.3 is 0 Å². The van der Waals surface area contributed by atoms with Crippen LogP contribution in [-0.2, 0) is 0 Å². The van der Waals surface area contributed by atoms with E-state index in [9.17, 15) is 0 Å². The summed E-state index contributed by atoms with van der Waals surface area (Å²) >= 11 is 0. The Labute approximate surface area is 207 Å². The van der Waals surface area contributed by atoms with Crippen molar-refractivity contribution in [2.45, 2.75) is 13.8 Å². The second-order valence-electron chi connectivity index (χ2n) is 9.52. The number of hydrogen-bond donors (Lipinski definition) is 1. The largest absolute Gasteiger partial charge is 0.497 e. The van der Waals surface area contributed by atoms with Crippen molar-refractivity contribution in [3.8, 4) is 16.9 Å². The van der Waals surface area contributed by atoms with Gasteiger partial charge in [0.2, 0.25) is 5.95 Å². The first-order valence-corrected chi connectivity index (χ1v) is 12.3. The summed E-state index contributed by atoms with van der Waals surface area (Å²) in [6.45, 7) is 10.1. The highest BCUT2D eigenvalue weighted by atomic mass is 16.5. The van der Waals surface area contributed by atoms with E-state index in [0.29, 0.717) is 11.9 Å². The minimum absolute atomic E-state index is 0.595.